The van der Waals surface area contributed by atoms with Gasteiger partial charge < -0.3 is 10.6 Å². The lowest BCUT2D eigenvalue weighted by Gasteiger charge is -2.11. The van der Waals surface area contributed by atoms with Gasteiger partial charge in [0.15, 0.2) is 5.96 Å². The Balaban J connectivity index is 1.73. The van der Waals surface area contributed by atoms with Crippen molar-refractivity contribution < 1.29 is 0 Å². The topological polar surface area (TPSA) is 49.3 Å². The van der Waals surface area contributed by atoms with Gasteiger partial charge in [0, 0.05) is 24.7 Å². The van der Waals surface area contributed by atoms with Gasteiger partial charge in [-0.05, 0) is 53.3 Å². The molecule has 0 fully saturated rings. The quantitative estimate of drug-likeness (QED) is 0.461. The molecule has 0 saturated heterocycles. The van der Waals surface area contributed by atoms with Gasteiger partial charge in [0.1, 0.15) is 0 Å². The van der Waals surface area contributed by atoms with Crippen LogP contribution in [0.4, 0.5) is 0 Å². The molecule has 0 saturated carbocycles. The summed E-state index contributed by atoms with van der Waals surface area (Å²) in [5.74, 6) is 0.807. The van der Waals surface area contributed by atoms with E-state index in [1.54, 1.807) is 13.2 Å². The van der Waals surface area contributed by atoms with Crippen molar-refractivity contribution in [2.24, 2.45) is 4.99 Å². The van der Waals surface area contributed by atoms with Crippen molar-refractivity contribution in [3.05, 3.63) is 50.0 Å². The van der Waals surface area contributed by atoms with Crippen LogP contribution in [-0.4, -0.2) is 24.5 Å². The van der Waals surface area contributed by atoms with Crippen LogP contribution < -0.4 is 10.6 Å². The van der Waals surface area contributed by atoms with Gasteiger partial charge in [0.25, 0.3) is 0 Å². The van der Waals surface area contributed by atoms with Gasteiger partial charge in [-0.15, -0.1) is 11.3 Å². The fourth-order valence-electron chi connectivity index (χ4n) is 1.69. The highest BCUT2D eigenvalue weighted by Crippen LogP contribution is 2.18. The highest BCUT2D eigenvalue weighted by Gasteiger charge is 2.00. The number of nitrogens with zero attached hydrogens (tertiary/aromatic N) is 2. The van der Waals surface area contributed by atoms with Crippen LogP contribution in [-0.2, 0) is 13.0 Å². The molecule has 2 aromatic rings. The van der Waals surface area contributed by atoms with Crippen LogP contribution in [0.2, 0.25) is 0 Å². The van der Waals surface area contributed by atoms with Crippen molar-refractivity contribution >= 4 is 39.9 Å². The second kappa shape index (κ2) is 8.21. The highest BCUT2D eigenvalue weighted by atomic mass is 127. The van der Waals surface area contributed by atoms with Crippen LogP contribution in [0.15, 0.2) is 41.5 Å². The summed E-state index contributed by atoms with van der Waals surface area (Å²) in [6, 6.07) is 10.2. The van der Waals surface area contributed by atoms with E-state index in [0.29, 0.717) is 6.54 Å². The molecule has 2 aromatic heterocycles. The number of aliphatic imine (C=N–C) groups is 1. The maximum absolute atomic E-state index is 4.27. The minimum atomic E-state index is 0.678. The summed E-state index contributed by atoms with van der Waals surface area (Å²) in [7, 11) is 1.78. The monoisotopic (exact) mass is 400 g/mol. The van der Waals surface area contributed by atoms with Gasteiger partial charge in [0.2, 0.25) is 0 Å². The van der Waals surface area contributed by atoms with Crippen LogP contribution in [0.25, 0.3) is 0 Å². The molecule has 0 unspecified atom stereocenters. The molecule has 2 heterocycles. The van der Waals surface area contributed by atoms with Crippen LogP contribution in [0.1, 0.15) is 10.6 Å². The molecule has 0 radical (unpaired) electrons. The SMILES string of the molecule is CN=C(NCCc1ccc(I)s1)NCc1ccccn1. The molecular formula is C14H17IN4S. The maximum atomic E-state index is 4.27. The summed E-state index contributed by atoms with van der Waals surface area (Å²) in [6.07, 6.45) is 2.81. The molecule has 2 N–H and O–H groups in total. The van der Waals surface area contributed by atoms with Gasteiger partial charge in [-0.1, -0.05) is 6.07 Å². The minimum absolute atomic E-state index is 0.678. The van der Waals surface area contributed by atoms with E-state index in [9.17, 15) is 0 Å². The number of aromatic nitrogens is 1. The molecule has 2 rings (SSSR count). The van der Waals surface area contributed by atoms with Crippen LogP contribution in [0, 0.1) is 2.88 Å². The second-order valence-electron chi connectivity index (χ2n) is 4.13. The van der Waals surface area contributed by atoms with E-state index in [1.165, 1.54) is 7.76 Å². The van der Waals surface area contributed by atoms with E-state index in [2.05, 4.69) is 55.3 Å². The number of nitrogens with one attached hydrogen (secondary N) is 2. The zero-order chi connectivity index (χ0) is 14.2. The zero-order valence-electron chi connectivity index (χ0n) is 11.3. The Morgan fingerprint density at radius 1 is 1.30 bits per heavy atom. The van der Waals surface area contributed by atoms with E-state index in [-0.39, 0.29) is 0 Å². The summed E-state index contributed by atoms with van der Waals surface area (Å²) >= 11 is 4.18. The largest absolute Gasteiger partial charge is 0.356 e. The average Bonchev–Trinajstić information content (AvgIpc) is 2.89. The molecule has 0 atom stereocenters. The number of halogens is 1. The molecule has 0 aliphatic heterocycles. The molecule has 0 amide bonds. The molecule has 20 heavy (non-hydrogen) atoms. The number of thiophene rings is 1. The first-order chi connectivity index (χ1) is 9.78. The predicted octanol–water partition coefficient (Wildman–Crippen LogP) is 2.66. The summed E-state index contributed by atoms with van der Waals surface area (Å²) < 4.78 is 1.33. The Hall–Kier alpha value is -1.15. The van der Waals surface area contributed by atoms with Crippen molar-refractivity contribution in [2.45, 2.75) is 13.0 Å². The van der Waals surface area contributed by atoms with E-state index >= 15 is 0 Å². The summed E-state index contributed by atoms with van der Waals surface area (Å²) in [5, 5.41) is 6.57. The van der Waals surface area contributed by atoms with Crippen molar-refractivity contribution in [1.82, 2.24) is 15.6 Å². The van der Waals surface area contributed by atoms with E-state index in [0.717, 1.165) is 24.6 Å². The second-order valence-corrected chi connectivity index (χ2v) is 7.19. The highest BCUT2D eigenvalue weighted by molar-refractivity contribution is 14.1. The molecule has 106 valence electrons. The normalized spacial score (nSPS) is 11.4. The molecule has 0 bridgehead atoms. The fraction of sp³-hybridized carbons (Fsp3) is 0.286. The van der Waals surface area contributed by atoms with Gasteiger partial charge in [-0.25, -0.2) is 0 Å². The Kier molecular flexibility index (Phi) is 6.25. The predicted molar refractivity (Wildman–Crippen MR) is 93.2 cm³/mol. The number of hydrogen-bond donors (Lipinski definition) is 2. The fourth-order valence-corrected chi connectivity index (χ4v) is 3.44. The first-order valence-corrected chi connectivity index (χ1v) is 8.26. The van der Waals surface area contributed by atoms with E-state index in [1.807, 2.05) is 29.5 Å². The van der Waals surface area contributed by atoms with E-state index in [4.69, 9.17) is 0 Å². The molecule has 0 aromatic carbocycles. The first kappa shape index (κ1) is 15.2. The lowest BCUT2D eigenvalue weighted by molar-refractivity contribution is 0.787. The van der Waals surface area contributed by atoms with Gasteiger partial charge >= 0.3 is 0 Å². The Morgan fingerprint density at radius 2 is 2.20 bits per heavy atom. The maximum Gasteiger partial charge on any atom is 0.191 e. The number of hydrogen-bond acceptors (Lipinski definition) is 3. The number of pyridine rings is 1. The number of rotatable bonds is 5. The van der Waals surface area contributed by atoms with Gasteiger partial charge in [0.05, 0.1) is 15.1 Å². The summed E-state index contributed by atoms with van der Waals surface area (Å²) in [5.41, 5.74) is 1.00. The molecule has 4 nitrogen and oxygen atoms in total. The molecular weight excluding hydrogens is 383 g/mol. The lowest BCUT2D eigenvalue weighted by atomic mass is 10.3. The molecule has 0 aliphatic carbocycles. The lowest BCUT2D eigenvalue weighted by Crippen LogP contribution is -2.37. The third kappa shape index (κ3) is 5.09. The third-order valence-corrected chi connectivity index (χ3v) is 4.63. The standard InChI is InChI=1S/C14H17IN4S/c1-16-14(19-10-11-4-2-3-8-17-11)18-9-7-12-5-6-13(15)20-12/h2-6,8H,7,9-10H2,1H3,(H2,16,18,19). The van der Waals surface area contributed by atoms with E-state index < -0.39 is 0 Å². The Labute approximate surface area is 136 Å². The van der Waals surface area contributed by atoms with Crippen LogP contribution in [0.5, 0.6) is 0 Å². The van der Waals surface area contributed by atoms with Gasteiger partial charge in [-0.3, -0.25) is 9.98 Å². The minimum Gasteiger partial charge on any atom is -0.356 e. The van der Waals surface area contributed by atoms with Crippen molar-refractivity contribution in [1.29, 1.82) is 0 Å². The van der Waals surface area contributed by atoms with Crippen LogP contribution >= 0.6 is 33.9 Å². The summed E-state index contributed by atoms with van der Waals surface area (Å²) in [6.45, 7) is 1.55. The third-order valence-electron chi connectivity index (χ3n) is 2.68. The van der Waals surface area contributed by atoms with Crippen LogP contribution in [0.3, 0.4) is 0 Å². The smallest absolute Gasteiger partial charge is 0.191 e. The molecule has 0 aliphatic rings. The molecule has 0 spiro atoms. The first-order valence-electron chi connectivity index (χ1n) is 6.36. The molecule has 6 heteroatoms. The Bertz CT molecular complexity index is 553. The van der Waals surface area contributed by atoms with Crippen molar-refractivity contribution in [3.8, 4) is 0 Å². The number of guanidine groups is 1. The Morgan fingerprint density at radius 3 is 2.85 bits per heavy atom. The average molecular weight is 400 g/mol. The van der Waals surface area contributed by atoms with Crippen molar-refractivity contribution in [2.75, 3.05) is 13.6 Å². The van der Waals surface area contributed by atoms with Crippen molar-refractivity contribution in [3.63, 3.8) is 0 Å². The van der Waals surface area contributed by atoms with Gasteiger partial charge in [-0.2, -0.15) is 0 Å². The zero-order valence-corrected chi connectivity index (χ0v) is 14.2. The summed E-state index contributed by atoms with van der Waals surface area (Å²) in [4.78, 5) is 9.87.